The number of carbonyl (C=O) groups excluding carboxylic acids is 1. The first-order valence-corrected chi connectivity index (χ1v) is 8.27. The van der Waals surface area contributed by atoms with Gasteiger partial charge in [0.05, 0.1) is 6.04 Å². The molecule has 1 unspecified atom stereocenters. The number of benzene rings is 2. The van der Waals surface area contributed by atoms with Crippen LogP contribution in [0.15, 0.2) is 71.9 Å². The largest absolute Gasteiger partial charge is 0.377 e. The molecule has 124 valence electrons. The van der Waals surface area contributed by atoms with Crippen LogP contribution in [-0.4, -0.2) is 18.5 Å². The van der Waals surface area contributed by atoms with Crippen LogP contribution in [0.3, 0.4) is 0 Å². The topological polar surface area (TPSA) is 67.1 Å². The smallest absolute Gasteiger partial charge is 0.247 e. The molecule has 1 atom stereocenters. The molecule has 1 heterocycles. The van der Waals surface area contributed by atoms with Crippen molar-refractivity contribution in [2.24, 2.45) is 5.73 Å². The molecule has 4 N–H and O–H groups in total. The second-order valence-corrected chi connectivity index (χ2v) is 6.21. The molecule has 0 aliphatic carbocycles. The fraction of sp³-hybridized carbons (Fsp3) is 0.250. The van der Waals surface area contributed by atoms with E-state index in [1.54, 1.807) is 0 Å². The molecule has 1 aliphatic rings. The molecule has 0 spiro atoms. The molecule has 24 heavy (non-hydrogen) atoms. The summed E-state index contributed by atoms with van der Waals surface area (Å²) in [6.45, 7) is 2.62. The van der Waals surface area contributed by atoms with Crippen LogP contribution >= 0.6 is 0 Å². The maximum atomic E-state index is 11.8. The average Bonchev–Trinajstić information content (AvgIpc) is 2.61. The highest BCUT2D eigenvalue weighted by molar-refractivity contribution is 5.93. The molecule has 0 saturated heterocycles. The van der Waals surface area contributed by atoms with E-state index >= 15 is 0 Å². The van der Waals surface area contributed by atoms with E-state index in [1.165, 1.54) is 0 Å². The van der Waals surface area contributed by atoms with Crippen molar-refractivity contribution in [1.82, 2.24) is 10.6 Å². The normalized spacial score (nSPS) is 17.8. The van der Waals surface area contributed by atoms with Gasteiger partial charge in [0.15, 0.2) is 0 Å². The van der Waals surface area contributed by atoms with Gasteiger partial charge in [0.2, 0.25) is 5.91 Å². The van der Waals surface area contributed by atoms with Crippen LogP contribution in [0.5, 0.6) is 0 Å². The quantitative estimate of drug-likeness (QED) is 0.792. The van der Waals surface area contributed by atoms with Crippen molar-refractivity contribution >= 4 is 5.91 Å². The summed E-state index contributed by atoms with van der Waals surface area (Å²) in [6.07, 6.45) is 0.758. The summed E-state index contributed by atoms with van der Waals surface area (Å²) in [5.41, 5.74) is 9.48. The molecular formula is C20H23N3O. The van der Waals surface area contributed by atoms with Gasteiger partial charge in [0, 0.05) is 30.3 Å². The molecule has 0 saturated carbocycles. The van der Waals surface area contributed by atoms with Crippen molar-refractivity contribution in [3.8, 4) is 0 Å². The second kappa shape index (κ2) is 7.32. The van der Waals surface area contributed by atoms with Crippen LogP contribution in [0.4, 0.5) is 0 Å². The minimum atomic E-state index is -0.364. The van der Waals surface area contributed by atoms with E-state index < -0.39 is 0 Å². The Morgan fingerprint density at radius 2 is 1.62 bits per heavy atom. The zero-order valence-electron chi connectivity index (χ0n) is 13.8. The number of amides is 1. The lowest BCUT2D eigenvalue weighted by Crippen LogP contribution is -2.41. The first-order chi connectivity index (χ1) is 11.6. The highest BCUT2D eigenvalue weighted by Crippen LogP contribution is 2.26. The number of nitrogens with one attached hydrogen (secondary N) is 2. The van der Waals surface area contributed by atoms with Crippen molar-refractivity contribution < 1.29 is 4.79 Å². The molecule has 4 heteroatoms. The van der Waals surface area contributed by atoms with E-state index in [9.17, 15) is 4.79 Å². The minimum Gasteiger partial charge on any atom is -0.377 e. The number of rotatable bonds is 5. The second-order valence-electron chi connectivity index (χ2n) is 6.21. The van der Waals surface area contributed by atoms with Crippen LogP contribution in [0.25, 0.3) is 0 Å². The molecule has 1 aliphatic heterocycles. The third-order valence-electron chi connectivity index (χ3n) is 4.38. The van der Waals surface area contributed by atoms with Crippen molar-refractivity contribution in [2.45, 2.75) is 25.4 Å². The molecule has 1 amide bonds. The van der Waals surface area contributed by atoms with Gasteiger partial charge in [-0.1, -0.05) is 60.7 Å². The molecule has 0 fully saturated rings. The predicted octanol–water partition coefficient (Wildman–Crippen LogP) is 2.49. The van der Waals surface area contributed by atoms with Gasteiger partial charge in [-0.15, -0.1) is 0 Å². The lowest BCUT2D eigenvalue weighted by Gasteiger charge is -2.30. The first kappa shape index (κ1) is 16.3. The van der Waals surface area contributed by atoms with E-state index in [0.29, 0.717) is 18.2 Å². The molecular weight excluding hydrogens is 298 g/mol. The molecule has 2 aromatic carbocycles. The number of primary amides is 1. The minimum absolute atomic E-state index is 0.0120. The molecule has 0 radical (unpaired) electrons. The third kappa shape index (κ3) is 3.66. The third-order valence-corrected chi connectivity index (χ3v) is 4.38. The molecule has 3 rings (SSSR count). The van der Waals surface area contributed by atoms with Gasteiger partial charge in [0.25, 0.3) is 0 Å². The monoisotopic (exact) mass is 321 g/mol. The number of carbonyl (C=O) groups is 1. The van der Waals surface area contributed by atoms with Crippen molar-refractivity contribution in [1.29, 1.82) is 0 Å². The summed E-state index contributed by atoms with van der Waals surface area (Å²) < 4.78 is 0. The standard InChI is InChI=1S/C20H23N3O/c1-14-12-18(17(13-22-14)20(21)24)23-19(15-8-4-2-5-9-15)16-10-6-3-7-11-16/h2-11,14,19,22-23H,12-13H2,1H3,(H2,21,24). The van der Waals surface area contributed by atoms with Crippen LogP contribution in [0.2, 0.25) is 0 Å². The summed E-state index contributed by atoms with van der Waals surface area (Å²) in [5, 5.41) is 6.89. The van der Waals surface area contributed by atoms with Crippen LogP contribution in [-0.2, 0) is 4.79 Å². The summed E-state index contributed by atoms with van der Waals surface area (Å²) >= 11 is 0. The van der Waals surface area contributed by atoms with Gasteiger partial charge >= 0.3 is 0 Å². The summed E-state index contributed by atoms with van der Waals surface area (Å²) in [4.78, 5) is 11.8. The Balaban J connectivity index is 1.99. The number of hydrogen-bond acceptors (Lipinski definition) is 3. The van der Waals surface area contributed by atoms with Crippen LogP contribution in [0, 0.1) is 0 Å². The van der Waals surface area contributed by atoms with E-state index in [-0.39, 0.29) is 11.9 Å². The summed E-state index contributed by atoms with van der Waals surface area (Å²) in [7, 11) is 0. The first-order valence-electron chi connectivity index (χ1n) is 8.27. The van der Waals surface area contributed by atoms with E-state index in [1.807, 2.05) is 36.4 Å². The number of hydrogen-bond donors (Lipinski definition) is 3. The zero-order valence-corrected chi connectivity index (χ0v) is 13.8. The van der Waals surface area contributed by atoms with E-state index in [2.05, 4.69) is 41.8 Å². The molecule has 0 aromatic heterocycles. The van der Waals surface area contributed by atoms with Gasteiger partial charge in [-0.25, -0.2) is 0 Å². The van der Waals surface area contributed by atoms with Gasteiger partial charge in [-0.05, 0) is 18.1 Å². The Morgan fingerprint density at radius 3 is 2.12 bits per heavy atom. The fourth-order valence-corrected chi connectivity index (χ4v) is 3.09. The molecule has 0 bridgehead atoms. The fourth-order valence-electron chi connectivity index (χ4n) is 3.09. The Kier molecular flexibility index (Phi) is 4.96. The Labute approximate surface area is 142 Å². The van der Waals surface area contributed by atoms with Gasteiger partial charge in [0.1, 0.15) is 0 Å². The predicted molar refractivity (Wildman–Crippen MR) is 96.2 cm³/mol. The highest BCUT2D eigenvalue weighted by Gasteiger charge is 2.24. The maximum absolute atomic E-state index is 11.8. The number of nitrogens with two attached hydrogens (primary N) is 1. The molecule has 4 nitrogen and oxygen atoms in total. The SMILES string of the molecule is CC1CC(NC(c2ccccc2)c2ccccc2)=C(C(N)=O)CN1. The van der Waals surface area contributed by atoms with Gasteiger partial charge < -0.3 is 16.4 Å². The maximum Gasteiger partial charge on any atom is 0.247 e. The Hall–Kier alpha value is -2.59. The zero-order chi connectivity index (χ0) is 16.9. The average molecular weight is 321 g/mol. The summed E-state index contributed by atoms with van der Waals surface area (Å²) in [6, 6.07) is 20.8. The lowest BCUT2D eigenvalue weighted by atomic mass is 9.95. The Morgan fingerprint density at radius 1 is 1.08 bits per heavy atom. The highest BCUT2D eigenvalue weighted by atomic mass is 16.1. The lowest BCUT2D eigenvalue weighted by molar-refractivity contribution is -0.114. The van der Waals surface area contributed by atoms with Crippen LogP contribution < -0.4 is 16.4 Å². The Bertz CT molecular complexity index is 686. The van der Waals surface area contributed by atoms with Crippen molar-refractivity contribution in [3.63, 3.8) is 0 Å². The van der Waals surface area contributed by atoms with Crippen molar-refractivity contribution in [2.75, 3.05) is 6.54 Å². The van der Waals surface area contributed by atoms with Crippen LogP contribution in [0.1, 0.15) is 30.5 Å². The van der Waals surface area contributed by atoms with Gasteiger partial charge in [-0.2, -0.15) is 0 Å². The van der Waals surface area contributed by atoms with Gasteiger partial charge in [-0.3, -0.25) is 4.79 Å². The van der Waals surface area contributed by atoms with Crippen molar-refractivity contribution in [3.05, 3.63) is 83.1 Å². The molecule has 2 aromatic rings. The van der Waals surface area contributed by atoms with E-state index in [0.717, 1.165) is 23.2 Å². The van der Waals surface area contributed by atoms with E-state index in [4.69, 9.17) is 5.73 Å². The summed E-state index contributed by atoms with van der Waals surface area (Å²) in [5.74, 6) is -0.364.